The highest BCUT2D eigenvalue weighted by atomic mass is 15.0. The van der Waals surface area contributed by atoms with Gasteiger partial charge >= 0.3 is 0 Å². The monoisotopic (exact) mass is 678 g/mol. The van der Waals surface area contributed by atoms with Crippen molar-refractivity contribution in [3.05, 3.63) is 182 Å². The van der Waals surface area contributed by atoms with E-state index in [1.807, 2.05) is 78.9 Å². The van der Waals surface area contributed by atoms with Crippen molar-refractivity contribution in [3.8, 4) is 67.9 Å². The lowest BCUT2D eigenvalue weighted by atomic mass is 10.0. The smallest absolute Gasteiger partial charge is 0.164 e. The summed E-state index contributed by atoms with van der Waals surface area (Å²) in [4.78, 5) is 25.4. The van der Waals surface area contributed by atoms with Gasteiger partial charge in [-0.05, 0) is 12.1 Å². The number of hydrogen-bond acceptors (Lipinski definition) is 5. The fourth-order valence-electron chi connectivity index (χ4n) is 7.14. The second kappa shape index (κ2) is 12.8. The molecule has 0 fully saturated rings. The maximum atomic E-state index is 5.48. The summed E-state index contributed by atoms with van der Waals surface area (Å²) in [5.41, 5.74) is 10.6. The fourth-order valence-corrected chi connectivity index (χ4v) is 7.14. The van der Waals surface area contributed by atoms with Crippen molar-refractivity contribution in [2.24, 2.45) is 0 Å². The molecule has 0 radical (unpaired) electrons. The first-order valence-corrected chi connectivity index (χ1v) is 17.6. The van der Waals surface area contributed by atoms with Crippen LogP contribution in [-0.4, -0.2) is 29.3 Å². The molecule has 6 heteroatoms. The average Bonchev–Trinajstić information content (AvgIpc) is 3.64. The molecular formula is C47H30N6. The Balaban J connectivity index is 1.17. The lowest BCUT2D eigenvalue weighted by Crippen LogP contribution is -2.00. The van der Waals surface area contributed by atoms with Crippen LogP contribution in [0.5, 0.6) is 0 Å². The molecule has 10 rings (SSSR count). The van der Waals surface area contributed by atoms with Crippen LogP contribution in [-0.2, 0) is 0 Å². The van der Waals surface area contributed by atoms with Gasteiger partial charge in [0.05, 0.1) is 22.6 Å². The van der Waals surface area contributed by atoms with Crippen LogP contribution in [0.15, 0.2) is 182 Å². The molecule has 0 aliphatic rings. The molecule has 0 saturated carbocycles. The standard InChI is InChI=1S/C47H30N6/c1-5-15-31(16-6-1)41-38-29-30-53-43(33-17-7-2-8-18-33)42(49-47(53)40(38)37-23-13-14-24-39(37)48-41)32-25-27-36(28-26-32)46-51-44(34-19-9-3-10-20-34)50-45(52-46)35-21-11-4-12-22-35/h1-30H. The van der Waals surface area contributed by atoms with Gasteiger partial charge in [-0.25, -0.2) is 24.9 Å². The van der Waals surface area contributed by atoms with Crippen LogP contribution in [0.1, 0.15) is 0 Å². The Morgan fingerprint density at radius 1 is 0.321 bits per heavy atom. The van der Waals surface area contributed by atoms with Crippen LogP contribution in [0.3, 0.4) is 0 Å². The molecule has 0 spiro atoms. The summed E-state index contributed by atoms with van der Waals surface area (Å²) < 4.78 is 2.23. The zero-order valence-electron chi connectivity index (χ0n) is 28.5. The normalized spacial score (nSPS) is 11.4. The third-order valence-electron chi connectivity index (χ3n) is 9.67. The first kappa shape index (κ1) is 30.5. The molecule has 0 N–H and O–H groups in total. The number of benzene rings is 6. The summed E-state index contributed by atoms with van der Waals surface area (Å²) in [7, 11) is 0. The third-order valence-corrected chi connectivity index (χ3v) is 9.67. The van der Waals surface area contributed by atoms with Crippen molar-refractivity contribution < 1.29 is 0 Å². The molecule has 0 bridgehead atoms. The zero-order valence-corrected chi connectivity index (χ0v) is 28.5. The van der Waals surface area contributed by atoms with E-state index in [4.69, 9.17) is 24.9 Å². The molecule has 6 nitrogen and oxygen atoms in total. The van der Waals surface area contributed by atoms with Crippen LogP contribution in [0.4, 0.5) is 0 Å². The molecule has 248 valence electrons. The van der Waals surface area contributed by atoms with Gasteiger partial charge in [-0.2, -0.15) is 0 Å². The van der Waals surface area contributed by atoms with Crippen molar-refractivity contribution in [1.82, 2.24) is 29.3 Å². The molecular weight excluding hydrogens is 649 g/mol. The lowest BCUT2D eigenvalue weighted by Gasteiger charge is -2.12. The molecule has 4 heterocycles. The van der Waals surface area contributed by atoms with E-state index in [0.29, 0.717) is 17.5 Å². The second-order valence-corrected chi connectivity index (χ2v) is 12.9. The molecule has 0 aliphatic carbocycles. The predicted octanol–water partition coefficient (Wildman–Crippen LogP) is 11.2. The molecule has 0 aliphatic heterocycles. The van der Waals surface area contributed by atoms with E-state index >= 15 is 0 Å². The van der Waals surface area contributed by atoms with E-state index in [1.165, 1.54) is 0 Å². The highest BCUT2D eigenvalue weighted by Crippen LogP contribution is 2.40. The number of aromatic nitrogens is 6. The van der Waals surface area contributed by atoms with E-state index in [-0.39, 0.29) is 0 Å². The number of hydrogen-bond donors (Lipinski definition) is 0. The summed E-state index contributed by atoms with van der Waals surface area (Å²) in [5, 5.41) is 3.20. The van der Waals surface area contributed by atoms with Crippen LogP contribution >= 0.6 is 0 Å². The average molecular weight is 679 g/mol. The first-order chi connectivity index (χ1) is 26.3. The number of fused-ring (bicyclic) bond motifs is 5. The Morgan fingerprint density at radius 2 is 0.774 bits per heavy atom. The maximum Gasteiger partial charge on any atom is 0.164 e. The van der Waals surface area contributed by atoms with Gasteiger partial charge in [-0.3, -0.25) is 4.40 Å². The topological polar surface area (TPSA) is 68.9 Å². The zero-order chi connectivity index (χ0) is 35.1. The van der Waals surface area contributed by atoms with E-state index in [9.17, 15) is 0 Å². The van der Waals surface area contributed by atoms with E-state index in [2.05, 4.69) is 108 Å². The van der Waals surface area contributed by atoms with Gasteiger partial charge < -0.3 is 0 Å². The second-order valence-electron chi connectivity index (χ2n) is 12.9. The Morgan fingerprint density at radius 3 is 1.36 bits per heavy atom. The highest BCUT2D eigenvalue weighted by molar-refractivity contribution is 6.17. The summed E-state index contributed by atoms with van der Waals surface area (Å²) in [6.07, 6.45) is 2.13. The number of nitrogens with zero attached hydrogens (tertiary/aromatic N) is 6. The minimum absolute atomic E-state index is 0.612. The first-order valence-electron chi connectivity index (χ1n) is 17.6. The lowest BCUT2D eigenvalue weighted by molar-refractivity contribution is 1.07. The number of pyridine rings is 2. The van der Waals surface area contributed by atoms with Crippen molar-refractivity contribution in [2.75, 3.05) is 0 Å². The Kier molecular flexibility index (Phi) is 7.36. The van der Waals surface area contributed by atoms with Crippen LogP contribution in [0.25, 0.3) is 95.3 Å². The third kappa shape index (κ3) is 5.41. The van der Waals surface area contributed by atoms with Gasteiger partial charge in [-0.1, -0.05) is 164 Å². The van der Waals surface area contributed by atoms with E-state index in [0.717, 1.165) is 77.8 Å². The van der Waals surface area contributed by atoms with Crippen molar-refractivity contribution >= 4 is 27.3 Å². The fraction of sp³-hybridized carbons (Fsp3) is 0. The predicted molar refractivity (Wildman–Crippen MR) is 214 cm³/mol. The molecule has 10 aromatic rings. The SMILES string of the molecule is c1ccc(-c2nc(-c3ccccc3)nc(-c3ccc(-c4nc5c6c(ccn5c4-c4ccccc4)c(-c4ccccc4)nc4ccccc46)cc3)n2)cc1. The molecule has 0 saturated heterocycles. The molecule has 0 amide bonds. The van der Waals surface area contributed by atoms with Crippen LogP contribution < -0.4 is 0 Å². The maximum absolute atomic E-state index is 5.48. The molecule has 0 unspecified atom stereocenters. The summed E-state index contributed by atoms with van der Waals surface area (Å²) in [6.45, 7) is 0. The quantitative estimate of drug-likeness (QED) is 0.164. The van der Waals surface area contributed by atoms with Crippen molar-refractivity contribution in [3.63, 3.8) is 0 Å². The Labute approximate surface area is 305 Å². The molecule has 0 atom stereocenters. The minimum atomic E-state index is 0.612. The summed E-state index contributed by atoms with van der Waals surface area (Å²) in [6, 6.07) is 59.9. The van der Waals surface area contributed by atoms with Crippen LogP contribution in [0, 0.1) is 0 Å². The summed E-state index contributed by atoms with van der Waals surface area (Å²) in [5.74, 6) is 1.88. The van der Waals surface area contributed by atoms with Gasteiger partial charge in [0.2, 0.25) is 0 Å². The number of rotatable bonds is 6. The number of imidazole rings is 1. The van der Waals surface area contributed by atoms with Crippen molar-refractivity contribution in [2.45, 2.75) is 0 Å². The van der Waals surface area contributed by atoms with Gasteiger partial charge in [0.25, 0.3) is 0 Å². The Hall–Kier alpha value is -7.31. The number of para-hydroxylation sites is 1. The largest absolute Gasteiger partial charge is 0.298 e. The summed E-state index contributed by atoms with van der Waals surface area (Å²) >= 11 is 0. The van der Waals surface area contributed by atoms with Gasteiger partial charge in [-0.15, -0.1) is 0 Å². The van der Waals surface area contributed by atoms with Gasteiger partial charge in [0, 0.05) is 55.7 Å². The van der Waals surface area contributed by atoms with Crippen molar-refractivity contribution in [1.29, 1.82) is 0 Å². The van der Waals surface area contributed by atoms with Gasteiger partial charge in [0.1, 0.15) is 5.65 Å². The van der Waals surface area contributed by atoms with E-state index < -0.39 is 0 Å². The van der Waals surface area contributed by atoms with Gasteiger partial charge in [0.15, 0.2) is 17.5 Å². The van der Waals surface area contributed by atoms with E-state index in [1.54, 1.807) is 0 Å². The molecule has 4 aromatic heterocycles. The molecule has 53 heavy (non-hydrogen) atoms. The molecule has 6 aromatic carbocycles. The minimum Gasteiger partial charge on any atom is -0.298 e. The Bertz CT molecular complexity index is 2850. The highest BCUT2D eigenvalue weighted by Gasteiger charge is 2.21. The van der Waals surface area contributed by atoms with Crippen LogP contribution in [0.2, 0.25) is 0 Å².